The van der Waals surface area contributed by atoms with Gasteiger partial charge in [-0.3, -0.25) is 4.98 Å². The van der Waals surface area contributed by atoms with E-state index in [1.54, 1.807) is 6.08 Å². The predicted octanol–water partition coefficient (Wildman–Crippen LogP) is 15.2. The zero-order valence-corrected chi connectivity index (χ0v) is 35.3. The van der Waals surface area contributed by atoms with Crippen molar-refractivity contribution in [2.75, 3.05) is 0 Å². The molecule has 0 saturated heterocycles. The predicted molar refractivity (Wildman–Crippen MR) is 265 cm³/mol. The summed E-state index contributed by atoms with van der Waals surface area (Å²) in [5.41, 5.74) is 12.1. The standard InChI is InChI=1S/C57H39N5S/c1-3-17-38(18-4-2)55-59-56(39-21-10-6-11-22-39)61-57(60-55)47-34-43(41-24-16-23-40(33-41)37-19-8-5-9-20-37)36-58-54(47)42-29-30-46-51(35-42)63-50-32-31-49-52(53(46)50)45-27-14-15-28-48(45)62(49)44-25-12-7-13-26-44/h3-36H,1H2,2H3/b18-4-,38-17+. The highest BCUT2D eigenvalue weighted by molar-refractivity contribution is 7.26. The number of nitrogens with zero attached hydrogens (tertiary/aromatic N) is 5. The molecule has 6 heteroatoms. The van der Waals surface area contributed by atoms with Crippen molar-refractivity contribution in [3.8, 4) is 62.0 Å². The fraction of sp³-hybridized carbons (Fsp3) is 0.0175. The molecule has 0 atom stereocenters. The first kappa shape index (κ1) is 37.9. The molecule has 0 fully saturated rings. The van der Waals surface area contributed by atoms with Crippen LogP contribution in [0.1, 0.15) is 12.7 Å². The molecule has 0 amide bonds. The SMILES string of the molecule is C=C/C=C(\C=C/C)c1nc(-c2ccccc2)nc(-c2cc(-c3cccc(-c4ccccc4)c3)cnc2-c2ccc3c(c2)sc2ccc4c(c5ccccc5n4-c4ccccc4)c23)n1. The highest BCUT2D eigenvalue weighted by atomic mass is 32.1. The van der Waals surface area contributed by atoms with Crippen LogP contribution in [0.25, 0.3) is 110 Å². The van der Waals surface area contributed by atoms with Crippen molar-refractivity contribution < 1.29 is 0 Å². The molecule has 63 heavy (non-hydrogen) atoms. The second kappa shape index (κ2) is 16.1. The summed E-state index contributed by atoms with van der Waals surface area (Å²) in [5.74, 6) is 1.67. The Morgan fingerprint density at radius 3 is 2.02 bits per heavy atom. The van der Waals surface area contributed by atoms with Gasteiger partial charge in [0.2, 0.25) is 0 Å². The van der Waals surface area contributed by atoms with Gasteiger partial charge in [0, 0.05) is 70.7 Å². The molecule has 298 valence electrons. The second-order valence-corrected chi connectivity index (χ2v) is 16.5. The number of thiophene rings is 1. The molecule has 0 aliphatic rings. The molecule has 4 heterocycles. The Hall–Kier alpha value is -8.06. The topological polar surface area (TPSA) is 56.5 Å². The molecular weight excluding hydrogens is 787 g/mol. The van der Waals surface area contributed by atoms with Crippen LogP contribution >= 0.6 is 11.3 Å². The maximum absolute atomic E-state index is 5.30. The minimum Gasteiger partial charge on any atom is -0.309 e. The molecule has 7 aromatic carbocycles. The summed E-state index contributed by atoms with van der Waals surface area (Å²) in [6.07, 6.45) is 9.67. The van der Waals surface area contributed by atoms with Crippen molar-refractivity contribution >= 4 is 58.9 Å². The molecule has 0 unspecified atom stereocenters. The molecule has 0 aliphatic heterocycles. The van der Waals surface area contributed by atoms with Crippen LogP contribution in [-0.2, 0) is 0 Å². The Labute approximate surface area is 369 Å². The summed E-state index contributed by atoms with van der Waals surface area (Å²) in [7, 11) is 0. The molecule has 0 radical (unpaired) electrons. The van der Waals surface area contributed by atoms with Crippen molar-refractivity contribution in [3.05, 3.63) is 219 Å². The number of para-hydroxylation sites is 2. The summed E-state index contributed by atoms with van der Waals surface area (Å²) in [5, 5.41) is 4.99. The molecule has 11 rings (SSSR count). The van der Waals surface area contributed by atoms with Crippen molar-refractivity contribution in [3.63, 3.8) is 0 Å². The average molecular weight is 826 g/mol. The lowest BCUT2D eigenvalue weighted by Gasteiger charge is -2.14. The van der Waals surface area contributed by atoms with Gasteiger partial charge in [0.15, 0.2) is 17.5 Å². The van der Waals surface area contributed by atoms with Crippen LogP contribution in [0.4, 0.5) is 0 Å². The maximum Gasteiger partial charge on any atom is 0.166 e. The van der Waals surface area contributed by atoms with Gasteiger partial charge in [-0.2, -0.15) is 0 Å². The van der Waals surface area contributed by atoms with E-state index in [2.05, 4.69) is 151 Å². The maximum atomic E-state index is 5.30. The summed E-state index contributed by atoms with van der Waals surface area (Å²) in [6, 6.07) is 62.0. The van der Waals surface area contributed by atoms with E-state index in [0.717, 1.165) is 55.9 Å². The Bertz CT molecular complexity index is 3580. The Kier molecular flexibility index (Phi) is 9.68. The van der Waals surface area contributed by atoms with E-state index in [-0.39, 0.29) is 0 Å². The van der Waals surface area contributed by atoms with Crippen molar-refractivity contribution in [1.29, 1.82) is 0 Å². The third kappa shape index (κ3) is 6.83. The highest BCUT2D eigenvalue weighted by Crippen LogP contribution is 2.45. The van der Waals surface area contributed by atoms with Crippen LogP contribution < -0.4 is 0 Å². The van der Waals surface area contributed by atoms with Gasteiger partial charge in [0.25, 0.3) is 0 Å². The van der Waals surface area contributed by atoms with E-state index < -0.39 is 0 Å². The molecule has 5 nitrogen and oxygen atoms in total. The molecule has 11 aromatic rings. The third-order valence-electron chi connectivity index (χ3n) is 11.6. The zero-order valence-electron chi connectivity index (χ0n) is 34.5. The minimum absolute atomic E-state index is 0.536. The van der Waals surface area contributed by atoms with Crippen molar-refractivity contribution in [2.45, 2.75) is 6.92 Å². The van der Waals surface area contributed by atoms with Gasteiger partial charge >= 0.3 is 0 Å². The smallest absolute Gasteiger partial charge is 0.166 e. The summed E-state index contributed by atoms with van der Waals surface area (Å²) in [4.78, 5) is 20.7. The highest BCUT2D eigenvalue weighted by Gasteiger charge is 2.21. The third-order valence-corrected chi connectivity index (χ3v) is 12.7. The van der Waals surface area contributed by atoms with Crippen molar-refractivity contribution in [1.82, 2.24) is 24.5 Å². The van der Waals surface area contributed by atoms with Crippen LogP contribution in [0.2, 0.25) is 0 Å². The van der Waals surface area contributed by atoms with E-state index in [1.165, 1.54) is 42.0 Å². The Balaban J connectivity index is 1.14. The number of hydrogen-bond acceptors (Lipinski definition) is 5. The summed E-state index contributed by atoms with van der Waals surface area (Å²) < 4.78 is 4.81. The number of hydrogen-bond donors (Lipinski definition) is 0. The first-order valence-corrected chi connectivity index (χ1v) is 21.8. The van der Waals surface area contributed by atoms with Gasteiger partial charge in [0.1, 0.15) is 0 Å². The minimum atomic E-state index is 0.536. The molecule has 0 spiro atoms. The van der Waals surface area contributed by atoms with Gasteiger partial charge in [-0.05, 0) is 72.1 Å². The van der Waals surface area contributed by atoms with E-state index in [0.29, 0.717) is 17.5 Å². The number of fused-ring (bicyclic) bond motifs is 7. The molecule has 4 aromatic heterocycles. The summed E-state index contributed by atoms with van der Waals surface area (Å²) >= 11 is 1.81. The number of aromatic nitrogens is 5. The lowest BCUT2D eigenvalue weighted by molar-refractivity contribution is 1.04. The number of rotatable bonds is 9. The quantitative estimate of drug-likeness (QED) is 0.136. The largest absolute Gasteiger partial charge is 0.309 e. The second-order valence-electron chi connectivity index (χ2n) is 15.4. The molecule has 0 aliphatic carbocycles. The van der Waals surface area contributed by atoms with E-state index in [1.807, 2.05) is 79.1 Å². The van der Waals surface area contributed by atoms with Gasteiger partial charge < -0.3 is 4.57 Å². The molecule has 0 saturated carbocycles. The summed E-state index contributed by atoms with van der Waals surface area (Å²) in [6.45, 7) is 5.98. The van der Waals surface area contributed by atoms with Gasteiger partial charge in [-0.25, -0.2) is 15.0 Å². The first-order chi connectivity index (χ1) is 31.1. The lowest BCUT2D eigenvalue weighted by Crippen LogP contribution is -2.04. The average Bonchev–Trinajstić information content (AvgIpc) is 3.90. The van der Waals surface area contributed by atoms with Crippen LogP contribution in [0.3, 0.4) is 0 Å². The van der Waals surface area contributed by atoms with Crippen LogP contribution in [0.15, 0.2) is 213 Å². The lowest BCUT2D eigenvalue weighted by atomic mass is 9.96. The van der Waals surface area contributed by atoms with Crippen LogP contribution in [0, 0.1) is 0 Å². The van der Waals surface area contributed by atoms with E-state index in [4.69, 9.17) is 19.9 Å². The van der Waals surface area contributed by atoms with E-state index in [9.17, 15) is 0 Å². The normalized spacial score (nSPS) is 12.0. The molecule has 0 bridgehead atoms. The van der Waals surface area contributed by atoms with E-state index >= 15 is 0 Å². The van der Waals surface area contributed by atoms with Crippen molar-refractivity contribution in [2.24, 2.45) is 0 Å². The van der Waals surface area contributed by atoms with Crippen LogP contribution in [0.5, 0.6) is 0 Å². The van der Waals surface area contributed by atoms with Gasteiger partial charge in [-0.15, -0.1) is 11.3 Å². The van der Waals surface area contributed by atoms with Gasteiger partial charge in [-0.1, -0.05) is 158 Å². The molecule has 0 N–H and O–H groups in total. The Morgan fingerprint density at radius 2 is 1.24 bits per heavy atom. The van der Waals surface area contributed by atoms with Crippen LogP contribution in [-0.4, -0.2) is 24.5 Å². The number of allylic oxidation sites excluding steroid dienone is 5. The Morgan fingerprint density at radius 1 is 0.540 bits per heavy atom. The fourth-order valence-corrected chi connectivity index (χ4v) is 9.87. The molecular formula is C57H39N5S. The zero-order chi connectivity index (χ0) is 42.3. The number of pyridine rings is 1. The number of benzene rings is 7. The first-order valence-electron chi connectivity index (χ1n) is 21.0. The van der Waals surface area contributed by atoms with Gasteiger partial charge in [0.05, 0.1) is 16.7 Å². The monoisotopic (exact) mass is 825 g/mol. The fourth-order valence-electron chi connectivity index (χ4n) is 8.71.